The maximum Gasteiger partial charge on any atom is 0.337 e. The number of carbonyl (C=O) groups excluding carboxylic acids is 3. The van der Waals surface area contributed by atoms with Gasteiger partial charge in [-0.2, -0.15) is 0 Å². The summed E-state index contributed by atoms with van der Waals surface area (Å²) in [5.41, 5.74) is 0.835. The number of rotatable bonds is 10. The number of hydrogen-bond acceptors (Lipinski definition) is 7. The van der Waals surface area contributed by atoms with E-state index in [-0.39, 0.29) is 13.0 Å². The molecule has 8 heteroatoms. The summed E-state index contributed by atoms with van der Waals surface area (Å²) in [6.07, 6.45) is 0.00825. The van der Waals surface area contributed by atoms with E-state index < -0.39 is 24.5 Å². The van der Waals surface area contributed by atoms with Crippen LogP contribution < -0.4 is 14.8 Å². The van der Waals surface area contributed by atoms with Crippen molar-refractivity contribution in [1.29, 1.82) is 0 Å². The van der Waals surface area contributed by atoms with E-state index in [0.717, 1.165) is 5.75 Å². The average molecular weight is 401 g/mol. The highest BCUT2D eigenvalue weighted by atomic mass is 16.5. The zero-order chi connectivity index (χ0) is 21.1. The highest BCUT2D eigenvalue weighted by Gasteiger charge is 2.10. The number of nitrogens with one attached hydrogen (secondary N) is 1. The van der Waals surface area contributed by atoms with Gasteiger partial charge in [-0.25, -0.2) is 4.79 Å². The summed E-state index contributed by atoms with van der Waals surface area (Å²) >= 11 is 0. The quantitative estimate of drug-likeness (QED) is 0.611. The van der Waals surface area contributed by atoms with Crippen LogP contribution in [0.15, 0.2) is 48.5 Å². The van der Waals surface area contributed by atoms with Crippen molar-refractivity contribution >= 4 is 23.5 Å². The second kappa shape index (κ2) is 11.3. The first kappa shape index (κ1) is 21.7. The zero-order valence-corrected chi connectivity index (χ0v) is 16.3. The lowest BCUT2D eigenvalue weighted by molar-refractivity contribution is -0.147. The van der Waals surface area contributed by atoms with Gasteiger partial charge < -0.3 is 24.3 Å². The van der Waals surface area contributed by atoms with Gasteiger partial charge in [0.25, 0.3) is 5.91 Å². The van der Waals surface area contributed by atoms with Crippen molar-refractivity contribution in [2.45, 2.75) is 13.3 Å². The molecule has 2 aromatic rings. The Bertz CT molecular complexity index is 816. The smallest absolute Gasteiger partial charge is 0.337 e. The third-order valence-corrected chi connectivity index (χ3v) is 3.66. The van der Waals surface area contributed by atoms with Crippen LogP contribution in [0.4, 0.5) is 5.69 Å². The van der Waals surface area contributed by atoms with E-state index in [0.29, 0.717) is 23.6 Å². The van der Waals surface area contributed by atoms with E-state index in [1.54, 1.807) is 36.4 Å². The van der Waals surface area contributed by atoms with Crippen molar-refractivity contribution < 1.29 is 33.3 Å². The van der Waals surface area contributed by atoms with Crippen molar-refractivity contribution in [2.24, 2.45) is 0 Å². The van der Waals surface area contributed by atoms with Crippen LogP contribution in [-0.2, 0) is 19.1 Å². The molecule has 0 aliphatic carbocycles. The maximum atomic E-state index is 11.8. The van der Waals surface area contributed by atoms with Crippen molar-refractivity contribution in [2.75, 3.05) is 32.2 Å². The van der Waals surface area contributed by atoms with Gasteiger partial charge in [-0.3, -0.25) is 9.59 Å². The Hall–Kier alpha value is -3.55. The Labute approximate surface area is 168 Å². The number of esters is 2. The van der Waals surface area contributed by atoms with E-state index in [9.17, 15) is 14.4 Å². The molecule has 1 N–H and O–H groups in total. The molecule has 0 bridgehead atoms. The average Bonchev–Trinajstić information content (AvgIpc) is 2.74. The van der Waals surface area contributed by atoms with E-state index in [1.807, 2.05) is 6.92 Å². The lowest BCUT2D eigenvalue weighted by Gasteiger charge is -2.09. The fourth-order valence-electron chi connectivity index (χ4n) is 2.27. The van der Waals surface area contributed by atoms with Gasteiger partial charge in [-0.1, -0.05) is 0 Å². The SMILES string of the molecule is CCOc1ccc(OCCC(=O)OCC(=O)Nc2ccc(C(=O)OC)cc2)cc1. The first-order chi connectivity index (χ1) is 14.0. The molecule has 0 spiro atoms. The van der Waals surface area contributed by atoms with Crippen LogP contribution in [0.2, 0.25) is 0 Å². The number of ether oxygens (including phenoxy) is 4. The normalized spacial score (nSPS) is 10.0. The molecule has 2 aromatic carbocycles. The predicted octanol–water partition coefficient (Wildman–Crippen LogP) is 2.82. The molecule has 0 saturated carbocycles. The lowest BCUT2D eigenvalue weighted by Crippen LogP contribution is -2.21. The number of hydrogen-bond donors (Lipinski definition) is 1. The molecule has 154 valence electrons. The van der Waals surface area contributed by atoms with E-state index in [2.05, 4.69) is 10.1 Å². The van der Waals surface area contributed by atoms with E-state index in [1.165, 1.54) is 19.2 Å². The van der Waals surface area contributed by atoms with Crippen molar-refractivity contribution in [3.63, 3.8) is 0 Å². The molecule has 0 saturated heterocycles. The Kier molecular flexibility index (Phi) is 8.50. The topological polar surface area (TPSA) is 100 Å². The molecule has 0 atom stereocenters. The van der Waals surface area contributed by atoms with Gasteiger partial charge >= 0.3 is 11.9 Å². The molecule has 0 fully saturated rings. The van der Waals surface area contributed by atoms with Crippen molar-refractivity contribution in [1.82, 2.24) is 0 Å². The number of carbonyl (C=O) groups is 3. The first-order valence-corrected chi connectivity index (χ1v) is 9.01. The molecule has 0 heterocycles. The van der Waals surface area contributed by atoms with Crippen LogP contribution in [0.5, 0.6) is 11.5 Å². The molecule has 29 heavy (non-hydrogen) atoms. The third-order valence-electron chi connectivity index (χ3n) is 3.66. The Balaban J connectivity index is 1.66. The summed E-state index contributed by atoms with van der Waals surface area (Å²) < 4.78 is 20.3. The molecular weight excluding hydrogens is 378 g/mol. The minimum atomic E-state index is -0.549. The van der Waals surface area contributed by atoms with E-state index in [4.69, 9.17) is 14.2 Å². The summed E-state index contributed by atoms with van der Waals surface area (Å²) in [6, 6.07) is 13.2. The summed E-state index contributed by atoms with van der Waals surface area (Å²) in [7, 11) is 1.29. The number of anilines is 1. The molecule has 0 aliphatic heterocycles. The maximum absolute atomic E-state index is 11.8. The van der Waals surface area contributed by atoms with Crippen LogP contribution in [-0.4, -0.2) is 44.8 Å². The van der Waals surface area contributed by atoms with Gasteiger partial charge in [0.1, 0.15) is 11.5 Å². The van der Waals surface area contributed by atoms with Gasteiger partial charge in [-0.15, -0.1) is 0 Å². The van der Waals surface area contributed by atoms with Crippen molar-refractivity contribution in [3.8, 4) is 11.5 Å². The van der Waals surface area contributed by atoms with E-state index >= 15 is 0 Å². The van der Waals surface area contributed by atoms with Gasteiger partial charge in [0.2, 0.25) is 0 Å². The molecule has 8 nitrogen and oxygen atoms in total. The molecule has 2 rings (SSSR count). The molecule has 0 radical (unpaired) electrons. The Morgan fingerprint density at radius 3 is 2.10 bits per heavy atom. The fraction of sp³-hybridized carbons (Fsp3) is 0.286. The van der Waals surface area contributed by atoms with Crippen LogP contribution in [0.1, 0.15) is 23.7 Å². The van der Waals surface area contributed by atoms with Crippen LogP contribution in [0.3, 0.4) is 0 Å². The predicted molar refractivity (Wildman–Crippen MR) is 105 cm³/mol. The van der Waals surface area contributed by atoms with Gasteiger partial charge in [0, 0.05) is 5.69 Å². The highest BCUT2D eigenvalue weighted by Crippen LogP contribution is 2.17. The van der Waals surface area contributed by atoms with Gasteiger partial charge in [-0.05, 0) is 55.5 Å². The Morgan fingerprint density at radius 1 is 0.897 bits per heavy atom. The second-order valence-electron chi connectivity index (χ2n) is 5.78. The van der Waals surface area contributed by atoms with Crippen LogP contribution in [0, 0.1) is 0 Å². The highest BCUT2D eigenvalue weighted by molar-refractivity contribution is 5.94. The molecule has 1 amide bonds. The fourth-order valence-corrected chi connectivity index (χ4v) is 2.27. The van der Waals surface area contributed by atoms with Crippen molar-refractivity contribution in [3.05, 3.63) is 54.1 Å². The summed E-state index contributed by atoms with van der Waals surface area (Å²) in [6.45, 7) is 2.19. The zero-order valence-electron chi connectivity index (χ0n) is 16.3. The lowest BCUT2D eigenvalue weighted by atomic mass is 10.2. The van der Waals surface area contributed by atoms with Gasteiger partial charge in [0.15, 0.2) is 6.61 Å². The standard InChI is InChI=1S/C21H23NO7/c1-3-27-17-8-10-18(11-9-17)28-13-12-20(24)29-14-19(23)22-16-6-4-15(5-7-16)21(25)26-2/h4-11H,3,12-14H2,1-2H3,(H,22,23). The largest absolute Gasteiger partial charge is 0.494 e. The summed E-state index contributed by atoms with van der Waals surface area (Å²) in [5, 5.41) is 2.57. The van der Waals surface area contributed by atoms with Gasteiger partial charge in [0.05, 0.1) is 32.3 Å². The summed E-state index contributed by atoms with van der Waals surface area (Å²) in [4.78, 5) is 34.9. The minimum absolute atomic E-state index is 0.00825. The monoisotopic (exact) mass is 401 g/mol. The molecule has 0 unspecified atom stereocenters. The number of amides is 1. The molecule has 0 aliphatic rings. The second-order valence-corrected chi connectivity index (χ2v) is 5.78. The molecular formula is C21H23NO7. The van der Waals surface area contributed by atoms with Crippen LogP contribution >= 0.6 is 0 Å². The number of methoxy groups -OCH3 is 1. The van der Waals surface area contributed by atoms with Crippen LogP contribution in [0.25, 0.3) is 0 Å². The molecule has 0 aromatic heterocycles. The number of benzene rings is 2. The first-order valence-electron chi connectivity index (χ1n) is 9.01. The summed E-state index contributed by atoms with van der Waals surface area (Å²) in [5.74, 6) is -0.160. The third kappa shape index (κ3) is 7.53. The minimum Gasteiger partial charge on any atom is -0.494 e. The Morgan fingerprint density at radius 2 is 1.52 bits per heavy atom.